The topological polar surface area (TPSA) is 21.3 Å². The molecule has 1 N–H and O–H groups in total. The average Bonchev–Trinajstić information content (AvgIpc) is 2.46. The van der Waals surface area contributed by atoms with Gasteiger partial charge in [-0.1, -0.05) is 30.4 Å². The van der Waals surface area contributed by atoms with Crippen LogP contribution in [0, 0.1) is 6.92 Å². The Bertz CT molecular complexity index is 600. The number of anilines is 1. The van der Waals surface area contributed by atoms with Gasteiger partial charge in [0.2, 0.25) is 0 Å². The molecule has 110 valence electrons. The van der Waals surface area contributed by atoms with Crippen molar-refractivity contribution in [2.45, 2.75) is 13.5 Å². The van der Waals surface area contributed by atoms with E-state index in [9.17, 15) is 0 Å². The van der Waals surface area contributed by atoms with Gasteiger partial charge in [0.05, 0.1) is 8.95 Å². The molecule has 4 heteroatoms. The number of benzene rings is 2. The molecule has 0 saturated carbocycles. The van der Waals surface area contributed by atoms with Crippen molar-refractivity contribution in [2.75, 3.05) is 11.9 Å². The number of nitrogens with one attached hydrogen (secondary N) is 1. The second-order valence-corrected chi connectivity index (χ2v) is 6.42. The van der Waals surface area contributed by atoms with Crippen molar-refractivity contribution >= 4 is 37.5 Å². The van der Waals surface area contributed by atoms with Crippen LogP contribution in [0.4, 0.5) is 5.69 Å². The highest BCUT2D eigenvalue weighted by atomic mass is 79.9. The summed E-state index contributed by atoms with van der Waals surface area (Å²) in [5.41, 5.74) is 3.54. The lowest BCUT2D eigenvalue weighted by atomic mass is 10.2. The van der Waals surface area contributed by atoms with Gasteiger partial charge in [-0.05, 0) is 68.6 Å². The first-order chi connectivity index (χ1) is 10.1. The molecule has 0 aliphatic rings. The summed E-state index contributed by atoms with van der Waals surface area (Å²) in [6.45, 7) is 6.98. The van der Waals surface area contributed by atoms with Crippen molar-refractivity contribution in [3.05, 3.63) is 69.1 Å². The Morgan fingerprint density at radius 3 is 2.33 bits per heavy atom. The minimum absolute atomic E-state index is 0.484. The number of hydrogen-bond donors (Lipinski definition) is 1. The van der Waals surface area contributed by atoms with Crippen LogP contribution in [0.25, 0.3) is 0 Å². The third kappa shape index (κ3) is 4.61. The summed E-state index contributed by atoms with van der Waals surface area (Å²) in [5.74, 6) is 0.800. The molecule has 0 amide bonds. The van der Waals surface area contributed by atoms with E-state index in [1.807, 2.05) is 0 Å². The Morgan fingerprint density at radius 2 is 1.76 bits per heavy atom. The minimum Gasteiger partial charge on any atom is -0.487 e. The molecule has 21 heavy (non-hydrogen) atoms. The van der Waals surface area contributed by atoms with E-state index in [4.69, 9.17) is 4.74 Å². The first-order valence-electron chi connectivity index (χ1n) is 6.62. The second-order valence-electron chi connectivity index (χ2n) is 4.71. The third-order valence-corrected chi connectivity index (χ3v) is 4.13. The van der Waals surface area contributed by atoms with Crippen molar-refractivity contribution in [1.29, 1.82) is 0 Å². The summed E-state index contributed by atoms with van der Waals surface area (Å²) in [4.78, 5) is 0. The summed E-state index contributed by atoms with van der Waals surface area (Å²) in [6.07, 6.45) is 1.73. The standard InChI is InChI=1S/C17H17Br2NO/c1-3-8-21-17-15(18)9-13(10-16(17)19)11-20-14-6-4-12(2)5-7-14/h3-7,9-10,20H,1,8,11H2,2H3. The van der Waals surface area contributed by atoms with Gasteiger partial charge in [-0.3, -0.25) is 0 Å². The van der Waals surface area contributed by atoms with Crippen LogP contribution in [0.2, 0.25) is 0 Å². The molecule has 0 aliphatic heterocycles. The van der Waals surface area contributed by atoms with Gasteiger partial charge < -0.3 is 10.1 Å². The van der Waals surface area contributed by atoms with Gasteiger partial charge in [0.25, 0.3) is 0 Å². The van der Waals surface area contributed by atoms with Crippen LogP contribution < -0.4 is 10.1 Å². The Kier molecular flexibility index (Phi) is 5.88. The van der Waals surface area contributed by atoms with Gasteiger partial charge in [0.15, 0.2) is 0 Å². The minimum atomic E-state index is 0.484. The van der Waals surface area contributed by atoms with Crippen LogP contribution in [0.5, 0.6) is 5.75 Å². The van der Waals surface area contributed by atoms with Crippen molar-refractivity contribution in [2.24, 2.45) is 0 Å². The van der Waals surface area contributed by atoms with Crippen LogP contribution in [-0.4, -0.2) is 6.61 Å². The fourth-order valence-electron chi connectivity index (χ4n) is 1.87. The fourth-order valence-corrected chi connectivity index (χ4v) is 3.38. The molecule has 0 unspecified atom stereocenters. The van der Waals surface area contributed by atoms with Crippen molar-refractivity contribution in [3.63, 3.8) is 0 Å². The molecular formula is C17H17Br2NO. The van der Waals surface area contributed by atoms with Gasteiger partial charge in [-0.15, -0.1) is 0 Å². The number of hydrogen-bond acceptors (Lipinski definition) is 2. The lowest BCUT2D eigenvalue weighted by Crippen LogP contribution is -2.01. The van der Waals surface area contributed by atoms with E-state index in [-0.39, 0.29) is 0 Å². The van der Waals surface area contributed by atoms with E-state index < -0.39 is 0 Å². The van der Waals surface area contributed by atoms with Gasteiger partial charge in [-0.25, -0.2) is 0 Å². The molecule has 0 bridgehead atoms. The maximum atomic E-state index is 5.62. The summed E-state index contributed by atoms with van der Waals surface area (Å²) < 4.78 is 7.48. The highest BCUT2D eigenvalue weighted by molar-refractivity contribution is 9.11. The number of halogens is 2. The lowest BCUT2D eigenvalue weighted by molar-refractivity contribution is 0.358. The summed E-state index contributed by atoms with van der Waals surface area (Å²) in [5, 5.41) is 3.41. The number of rotatable bonds is 6. The number of aryl methyl sites for hydroxylation is 1. The molecule has 2 aromatic rings. The Morgan fingerprint density at radius 1 is 1.14 bits per heavy atom. The van der Waals surface area contributed by atoms with E-state index in [2.05, 4.69) is 87.1 Å². The zero-order valence-electron chi connectivity index (χ0n) is 11.8. The maximum absolute atomic E-state index is 5.62. The van der Waals surface area contributed by atoms with Crippen LogP contribution in [0.3, 0.4) is 0 Å². The van der Waals surface area contributed by atoms with E-state index in [0.717, 1.165) is 26.9 Å². The molecule has 0 fully saturated rings. The van der Waals surface area contributed by atoms with Gasteiger partial charge in [0, 0.05) is 12.2 Å². The fraction of sp³-hybridized carbons (Fsp3) is 0.176. The molecule has 0 aliphatic carbocycles. The molecular weight excluding hydrogens is 394 g/mol. The summed E-state index contributed by atoms with van der Waals surface area (Å²) in [6, 6.07) is 12.5. The predicted molar refractivity (Wildman–Crippen MR) is 96.0 cm³/mol. The van der Waals surface area contributed by atoms with Crippen LogP contribution in [0.1, 0.15) is 11.1 Å². The summed E-state index contributed by atoms with van der Waals surface area (Å²) >= 11 is 7.09. The van der Waals surface area contributed by atoms with Gasteiger partial charge in [-0.2, -0.15) is 0 Å². The first-order valence-corrected chi connectivity index (χ1v) is 8.21. The Hall–Kier alpha value is -1.26. The molecule has 0 radical (unpaired) electrons. The average molecular weight is 411 g/mol. The van der Waals surface area contributed by atoms with Crippen LogP contribution in [0.15, 0.2) is 58.0 Å². The molecule has 0 spiro atoms. The van der Waals surface area contributed by atoms with E-state index in [0.29, 0.717) is 6.61 Å². The van der Waals surface area contributed by atoms with Gasteiger partial charge >= 0.3 is 0 Å². The van der Waals surface area contributed by atoms with E-state index in [1.165, 1.54) is 11.1 Å². The normalized spacial score (nSPS) is 10.2. The number of ether oxygens (including phenoxy) is 1. The predicted octanol–water partition coefficient (Wildman–Crippen LogP) is 5.70. The molecule has 0 saturated heterocycles. The second kappa shape index (κ2) is 7.66. The molecule has 0 atom stereocenters. The van der Waals surface area contributed by atoms with Crippen molar-refractivity contribution < 1.29 is 4.74 Å². The van der Waals surface area contributed by atoms with Crippen molar-refractivity contribution in [1.82, 2.24) is 0 Å². The zero-order chi connectivity index (χ0) is 15.2. The summed E-state index contributed by atoms with van der Waals surface area (Å²) in [7, 11) is 0. The quantitative estimate of drug-likeness (QED) is 0.617. The smallest absolute Gasteiger partial charge is 0.148 e. The van der Waals surface area contributed by atoms with E-state index in [1.54, 1.807) is 6.08 Å². The molecule has 2 rings (SSSR count). The third-order valence-electron chi connectivity index (χ3n) is 2.95. The van der Waals surface area contributed by atoms with Crippen LogP contribution >= 0.6 is 31.9 Å². The molecule has 0 heterocycles. The first kappa shape index (κ1) is 16.1. The monoisotopic (exact) mass is 409 g/mol. The Balaban J connectivity index is 2.07. The SMILES string of the molecule is C=CCOc1c(Br)cc(CNc2ccc(C)cc2)cc1Br. The van der Waals surface area contributed by atoms with E-state index >= 15 is 0 Å². The molecule has 2 aromatic carbocycles. The highest BCUT2D eigenvalue weighted by Crippen LogP contribution is 2.35. The molecule has 2 nitrogen and oxygen atoms in total. The van der Waals surface area contributed by atoms with Gasteiger partial charge in [0.1, 0.15) is 12.4 Å². The highest BCUT2D eigenvalue weighted by Gasteiger charge is 2.08. The van der Waals surface area contributed by atoms with Crippen LogP contribution in [-0.2, 0) is 6.54 Å². The lowest BCUT2D eigenvalue weighted by Gasteiger charge is -2.12. The van der Waals surface area contributed by atoms with Crippen molar-refractivity contribution in [3.8, 4) is 5.75 Å². The zero-order valence-corrected chi connectivity index (χ0v) is 15.0. The Labute approximate surface area is 142 Å². The maximum Gasteiger partial charge on any atom is 0.148 e. The molecule has 0 aromatic heterocycles. The largest absolute Gasteiger partial charge is 0.487 e.